The molecule has 0 fully saturated rings. The number of nitrogens with one attached hydrogen (secondary N) is 1. The van der Waals surface area contributed by atoms with E-state index in [1.807, 2.05) is 38.2 Å². The van der Waals surface area contributed by atoms with Crippen LogP contribution in [0.3, 0.4) is 0 Å². The number of nitrogens with zero attached hydrogens (tertiary/aromatic N) is 4. The van der Waals surface area contributed by atoms with Crippen molar-refractivity contribution >= 4 is 11.6 Å². The third-order valence-electron chi connectivity index (χ3n) is 3.57. The molecule has 0 radical (unpaired) electrons. The number of aryl methyl sites for hydroxylation is 2. The maximum absolute atomic E-state index is 12.8. The molecule has 1 N–H and O–H groups in total. The summed E-state index contributed by atoms with van der Waals surface area (Å²) < 4.78 is 40.1. The number of hydrogen-bond donors (Lipinski definition) is 1. The van der Waals surface area contributed by atoms with Gasteiger partial charge >= 0.3 is 6.18 Å². The molecule has 0 saturated heterocycles. The minimum absolute atomic E-state index is 0.101. The van der Waals surface area contributed by atoms with E-state index in [1.165, 1.54) is 0 Å². The van der Waals surface area contributed by atoms with Gasteiger partial charge in [0.1, 0.15) is 5.69 Å². The first-order valence-corrected chi connectivity index (χ1v) is 7.67. The van der Waals surface area contributed by atoms with Crippen LogP contribution >= 0.6 is 0 Å². The first-order chi connectivity index (χ1) is 11.8. The minimum Gasteiger partial charge on any atom is -0.324 e. The molecule has 5 nitrogen and oxygen atoms in total. The quantitative estimate of drug-likeness (QED) is 0.758. The van der Waals surface area contributed by atoms with Crippen molar-refractivity contribution in [3.05, 3.63) is 54.1 Å². The summed E-state index contributed by atoms with van der Waals surface area (Å²) in [4.78, 5) is 7.38. The van der Waals surface area contributed by atoms with E-state index in [0.29, 0.717) is 5.69 Å². The number of aromatic nitrogens is 4. The molecular formula is C17H16F3N5. The lowest BCUT2D eigenvalue weighted by molar-refractivity contribution is -0.141. The molecule has 0 spiro atoms. The topological polar surface area (TPSA) is 55.6 Å². The van der Waals surface area contributed by atoms with Gasteiger partial charge in [-0.1, -0.05) is 6.07 Å². The van der Waals surface area contributed by atoms with Crippen molar-refractivity contribution in [1.29, 1.82) is 0 Å². The van der Waals surface area contributed by atoms with Gasteiger partial charge in [-0.2, -0.15) is 18.3 Å². The Morgan fingerprint density at radius 3 is 2.64 bits per heavy atom. The molecule has 2 aromatic heterocycles. The maximum atomic E-state index is 12.8. The monoisotopic (exact) mass is 347 g/mol. The highest BCUT2D eigenvalue weighted by molar-refractivity contribution is 5.70. The summed E-state index contributed by atoms with van der Waals surface area (Å²) in [7, 11) is 0. The molecule has 0 saturated carbocycles. The highest BCUT2D eigenvalue weighted by atomic mass is 19.4. The van der Waals surface area contributed by atoms with Crippen LogP contribution < -0.4 is 5.32 Å². The maximum Gasteiger partial charge on any atom is 0.433 e. The summed E-state index contributed by atoms with van der Waals surface area (Å²) in [6.45, 7) is 4.66. The van der Waals surface area contributed by atoms with Gasteiger partial charge in [0, 0.05) is 30.2 Å². The van der Waals surface area contributed by atoms with Gasteiger partial charge in [-0.3, -0.25) is 4.68 Å². The smallest absolute Gasteiger partial charge is 0.324 e. The van der Waals surface area contributed by atoms with Gasteiger partial charge in [0.15, 0.2) is 0 Å². The molecular weight excluding hydrogens is 331 g/mol. The fourth-order valence-electron chi connectivity index (χ4n) is 2.41. The Morgan fingerprint density at radius 2 is 1.96 bits per heavy atom. The molecule has 8 heteroatoms. The number of halogens is 3. The summed E-state index contributed by atoms with van der Waals surface area (Å²) in [6.07, 6.45) is 0.244. The molecule has 0 unspecified atom stereocenters. The molecule has 1 aromatic carbocycles. The van der Waals surface area contributed by atoms with Gasteiger partial charge in [-0.15, -0.1) is 0 Å². The van der Waals surface area contributed by atoms with Crippen molar-refractivity contribution in [2.45, 2.75) is 26.6 Å². The molecule has 3 aromatic rings. The summed E-state index contributed by atoms with van der Waals surface area (Å²) in [5.74, 6) is -0.101. The van der Waals surface area contributed by atoms with Crippen molar-refractivity contribution < 1.29 is 13.2 Å². The zero-order valence-corrected chi connectivity index (χ0v) is 13.7. The summed E-state index contributed by atoms with van der Waals surface area (Å²) in [5, 5.41) is 7.08. The van der Waals surface area contributed by atoms with E-state index in [9.17, 15) is 13.2 Å². The van der Waals surface area contributed by atoms with Crippen LogP contribution in [0.4, 0.5) is 24.8 Å². The van der Waals surface area contributed by atoms with Crippen molar-refractivity contribution in [2.75, 3.05) is 5.32 Å². The summed E-state index contributed by atoms with van der Waals surface area (Å²) in [5.41, 5.74) is 2.42. The average Bonchev–Trinajstić information content (AvgIpc) is 3.03. The van der Waals surface area contributed by atoms with E-state index < -0.39 is 11.9 Å². The average molecular weight is 347 g/mol. The van der Waals surface area contributed by atoms with Gasteiger partial charge in [0.25, 0.3) is 0 Å². The van der Waals surface area contributed by atoms with Crippen LogP contribution in [0.1, 0.15) is 18.2 Å². The lowest BCUT2D eigenvalue weighted by atomic mass is 10.1. The fraction of sp³-hybridized carbons (Fsp3) is 0.235. The number of benzene rings is 1. The highest BCUT2D eigenvalue weighted by Crippen LogP contribution is 2.29. The van der Waals surface area contributed by atoms with Crippen LogP contribution in [0.5, 0.6) is 0 Å². The van der Waals surface area contributed by atoms with Crippen LogP contribution in [0.15, 0.2) is 42.9 Å². The van der Waals surface area contributed by atoms with Crippen LogP contribution in [0, 0.1) is 6.92 Å². The van der Waals surface area contributed by atoms with Crippen LogP contribution in [0.25, 0.3) is 11.1 Å². The molecule has 0 aliphatic rings. The lowest BCUT2D eigenvalue weighted by Crippen LogP contribution is -2.10. The largest absolute Gasteiger partial charge is 0.433 e. The van der Waals surface area contributed by atoms with E-state index in [-0.39, 0.29) is 5.95 Å². The Balaban J connectivity index is 1.91. The van der Waals surface area contributed by atoms with Gasteiger partial charge in [-0.05, 0) is 43.2 Å². The Kier molecular flexibility index (Phi) is 4.43. The first-order valence-electron chi connectivity index (χ1n) is 7.67. The van der Waals surface area contributed by atoms with Crippen molar-refractivity contribution in [3.8, 4) is 11.1 Å². The van der Waals surface area contributed by atoms with E-state index in [4.69, 9.17) is 0 Å². The van der Waals surface area contributed by atoms with Crippen molar-refractivity contribution in [3.63, 3.8) is 0 Å². The lowest BCUT2D eigenvalue weighted by Gasteiger charge is -2.10. The normalized spacial score (nSPS) is 11.6. The molecule has 25 heavy (non-hydrogen) atoms. The molecule has 0 aliphatic heterocycles. The van der Waals surface area contributed by atoms with E-state index in [1.54, 1.807) is 10.9 Å². The third kappa shape index (κ3) is 3.96. The van der Waals surface area contributed by atoms with Crippen LogP contribution in [0.2, 0.25) is 0 Å². The number of alkyl halides is 3. The van der Waals surface area contributed by atoms with Gasteiger partial charge in [0.2, 0.25) is 5.95 Å². The molecule has 0 bridgehead atoms. The van der Waals surface area contributed by atoms with E-state index in [2.05, 4.69) is 20.4 Å². The van der Waals surface area contributed by atoms with Crippen molar-refractivity contribution in [1.82, 2.24) is 19.7 Å². The summed E-state index contributed by atoms with van der Waals surface area (Å²) in [6, 6.07) is 6.46. The first kappa shape index (κ1) is 16.9. The molecule has 0 atom stereocenters. The Labute approximate surface area is 142 Å². The zero-order valence-electron chi connectivity index (χ0n) is 13.7. The second-order valence-electron chi connectivity index (χ2n) is 5.56. The van der Waals surface area contributed by atoms with Gasteiger partial charge in [0.05, 0.1) is 6.20 Å². The predicted molar refractivity (Wildman–Crippen MR) is 88.4 cm³/mol. The van der Waals surface area contributed by atoms with Crippen LogP contribution in [-0.4, -0.2) is 19.7 Å². The highest BCUT2D eigenvalue weighted by Gasteiger charge is 2.32. The Bertz CT molecular complexity index is 886. The second-order valence-corrected chi connectivity index (χ2v) is 5.56. The van der Waals surface area contributed by atoms with Crippen LogP contribution in [-0.2, 0) is 12.7 Å². The number of hydrogen-bond acceptors (Lipinski definition) is 4. The van der Waals surface area contributed by atoms with Gasteiger partial charge < -0.3 is 5.32 Å². The predicted octanol–water partition coefficient (Wildman–Crippen LogP) is 4.43. The number of rotatable bonds is 4. The standard InChI is InChI=1S/C17H16F3N5/c1-3-25-10-13(9-22-25)12-6-11(2)7-14(8-12)23-16-21-5-4-15(24-16)17(18,19)20/h4-10H,3H2,1-2H3,(H,21,23,24). The molecule has 0 amide bonds. The third-order valence-corrected chi connectivity index (χ3v) is 3.57. The number of anilines is 2. The SMILES string of the molecule is CCn1cc(-c2cc(C)cc(Nc3nccc(C(F)(F)F)n3)c2)cn1. The minimum atomic E-state index is -4.51. The van der Waals surface area contributed by atoms with E-state index in [0.717, 1.165) is 35.5 Å². The summed E-state index contributed by atoms with van der Waals surface area (Å²) >= 11 is 0. The Hall–Kier alpha value is -2.90. The molecule has 0 aliphatic carbocycles. The molecule has 130 valence electrons. The molecule has 3 rings (SSSR count). The molecule has 2 heterocycles. The van der Waals surface area contributed by atoms with E-state index >= 15 is 0 Å². The van der Waals surface area contributed by atoms with Gasteiger partial charge in [-0.25, -0.2) is 9.97 Å². The second kappa shape index (κ2) is 6.54. The Morgan fingerprint density at radius 1 is 1.16 bits per heavy atom. The van der Waals surface area contributed by atoms with Crippen molar-refractivity contribution in [2.24, 2.45) is 0 Å². The zero-order chi connectivity index (χ0) is 18.0. The fourth-order valence-corrected chi connectivity index (χ4v) is 2.41.